The van der Waals surface area contributed by atoms with Crippen LogP contribution in [0.3, 0.4) is 0 Å². The molecule has 2 nitrogen and oxygen atoms in total. The summed E-state index contributed by atoms with van der Waals surface area (Å²) in [4.78, 5) is 0. The molecule has 0 aliphatic rings. The van der Waals surface area contributed by atoms with Gasteiger partial charge in [-0.15, -0.1) is 0 Å². The van der Waals surface area contributed by atoms with Crippen LogP contribution < -0.4 is 11.5 Å². The number of nitrogens with two attached hydrogens (primary N) is 2. The van der Waals surface area contributed by atoms with Crippen molar-refractivity contribution in [1.82, 2.24) is 0 Å². The molecule has 0 amide bonds. The molecule has 0 aromatic heterocycles. The van der Waals surface area contributed by atoms with E-state index in [9.17, 15) is 0 Å². The molecule has 4 N–H and O–H groups in total. The van der Waals surface area contributed by atoms with Crippen molar-refractivity contribution in [2.24, 2.45) is 0 Å². The lowest BCUT2D eigenvalue weighted by Gasteiger charge is -2.24. The molecular formula is C22H32N2. The van der Waals surface area contributed by atoms with E-state index in [1.165, 1.54) is 33.4 Å². The second-order valence-corrected chi connectivity index (χ2v) is 6.54. The van der Waals surface area contributed by atoms with Gasteiger partial charge in [0.2, 0.25) is 0 Å². The highest BCUT2D eigenvalue weighted by atomic mass is 14.6. The van der Waals surface area contributed by atoms with Crippen LogP contribution in [0.4, 0.5) is 11.4 Å². The smallest absolute Gasteiger partial charge is 0.0349 e. The first-order valence-electron chi connectivity index (χ1n) is 9.30. The normalized spacial score (nSPS) is 11.2. The van der Waals surface area contributed by atoms with Gasteiger partial charge < -0.3 is 11.5 Å². The lowest BCUT2D eigenvalue weighted by atomic mass is 9.81. The number of hydrogen-bond donors (Lipinski definition) is 2. The SMILES string of the molecule is CCc1c(N)ccc(C(C)c2ccc(N)c(CC)c2CC)c1CC. The molecular weight excluding hydrogens is 292 g/mol. The van der Waals surface area contributed by atoms with Gasteiger partial charge in [-0.05, 0) is 71.2 Å². The van der Waals surface area contributed by atoms with Gasteiger partial charge >= 0.3 is 0 Å². The minimum Gasteiger partial charge on any atom is -0.398 e. The predicted octanol–water partition coefficient (Wildman–Crippen LogP) is 5.25. The summed E-state index contributed by atoms with van der Waals surface area (Å²) >= 11 is 0. The lowest BCUT2D eigenvalue weighted by Crippen LogP contribution is -2.10. The fourth-order valence-electron chi connectivity index (χ4n) is 4.11. The van der Waals surface area contributed by atoms with Gasteiger partial charge in [-0.25, -0.2) is 0 Å². The summed E-state index contributed by atoms with van der Waals surface area (Å²) in [5, 5.41) is 0. The lowest BCUT2D eigenvalue weighted by molar-refractivity contribution is 0.853. The minimum absolute atomic E-state index is 0.353. The fraction of sp³-hybridized carbons (Fsp3) is 0.455. The molecule has 2 aromatic rings. The van der Waals surface area contributed by atoms with Gasteiger partial charge in [-0.1, -0.05) is 46.8 Å². The molecule has 0 atom stereocenters. The van der Waals surface area contributed by atoms with Crippen molar-refractivity contribution in [3.05, 3.63) is 57.6 Å². The highest BCUT2D eigenvalue weighted by molar-refractivity contribution is 5.59. The predicted molar refractivity (Wildman–Crippen MR) is 107 cm³/mol. The van der Waals surface area contributed by atoms with Crippen molar-refractivity contribution in [1.29, 1.82) is 0 Å². The molecule has 0 heterocycles. The van der Waals surface area contributed by atoms with E-state index in [1.54, 1.807) is 0 Å². The Hall–Kier alpha value is -1.96. The molecule has 0 unspecified atom stereocenters. The maximum atomic E-state index is 6.22. The Balaban J connectivity index is 2.64. The second-order valence-electron chi connectivity index (χ2n) is 6.54. The Morgan fingerprint density at radius 3 is 1.25 bits per heavy atom. The van der Waals surface area contributed by atoms with Crippen molar-refractivity contribution in [3.63, 3.8) is 0 Å². The van der Waals surface area contributed by atoms with Crippen molar-refractivity contribution in [2.75, 3.05) is 11.5 Å². The number of nitrogen functional groups attached to an aromatic ring is 2. The monoisotopic (exact) mass is 324 g/mol. The average Bonchev–Trinajstić information content (AvgIpc) is 2.60. The largest absolute Gasteiger partial charge is 0.398 e. The highest BCUT2D eigenvalue weighted by Crippen LogP contribution is 2.36. The molecule has 2 heteroatoms. The van der Waals surface area contributed by atoms with E-state index in [4.69, 9.17) is 11.5 Å². The Labute approximate surface area is 147 Å². The van der Waals surface area contributed by atoms with E-state index >= 15 is 0 Å². The van der Waals surface area contributed by atoms with Crippen LogP contribution in [-0.2, 0) is 25.7 Å². The van der Waals surface area contributed by atoms with Crippen molar-refractivity contribution in [3.8, 4) is 0 Å². The van der Waals surface area contributed by atoms with Gasteiger partial charge in [-0.3, -0.25) is 0 Å². The van der Waals surface area contributed by atoms with Crippen LogP contribution in [0, 0.1) is 0 Å². The summed E-state index contributed by atoms with van der Waals surface area (Å²) in [6.07, 6.45) is 4.01. The van der Waals surface area contributed by atoms with E-state index < -0.39 is 0 Å². The summed E-state index contributed by atoms with van der Waals surface area (Å²) in [5.41, 5.74) is 22.6. The van der Waals surface area contributed by atoms with E-state index in [1.807, 2.05) is 0 Å². The van der Waals surface area contributed by atoms with Crippen LogP contribution in [0.2, 0.25) is 0 Å². The number of hydrogen-bond acceptors (Lipinski definition) is 2. The molecule has 0 radical (unpaired) electrons. The van der Waals surface area contributed by atoms with Gasteiger partial charge in [0.25, 0.3) is 0 Å². The van der Waals surface area contributed by atoms with Crippen LogP contribution in [-0.4, -0.2) is 0 Å². The third-order valence-electron chi connectivity index (χ3n) is 5.35. The number of anilines is 2. The highest BCUT2D eigenvalue weighted by Gasteiger charge is 2.20. The van der Waals surface area contributed by atoms with E-state index in [0.717, 1.165) is 37.1 Å². The van der Waals surface area contributed by atoms with Gasteiger partial charge in [0, 0.05) is 17.3 Å². The standard InChI is InChI=1S/C22H32N2/c1-6-15-17(8-3)21(23)12-10-19(15)14(5)20-11-13-22(24)18(9-4)16(20)7-2/h10-14H,6-9,23-24H2,1-5H3. The molecule has 2 rings (SSSR count). The number of benzene rings is 2. The van der Waals surface area contributed by atoms with Crippen molar-refractivity contribution >= 4 is 11.4 Å². The first-order chi connectivity index (χ1) is 11.5. The third-order valence-corrected chi connectivity index (χ3v) is 5.35. The zero-order valence-electron chi connectivity index (χ0n) is 15.9. The summed E-state index contributed by atoms with van der Waals surface area (Å²) in [6.45, 7) is 11.1. The van der Waals surface area contributed by atoms with Crippen molar-refractivity contribution < 1.29 is 0 Å². The molecule has 24 heavy (non-hydrogen) atoms. The summed E-state index contributed by atoms with van der Waals surface area (Å²) in [5.74, 6) is 0.353. The Bertz CT molecular complexity index is 655. The van der Waals surface area contributed by atoms with E-state index in [0.29, 0.717) is 5.92 Å². The molecule has 130 valence electrons. The van der Waals surface area contributed by atoms with Gasteiger partial charge in [0.05, 0.1) is 0 Å². The van der Waals surface area contributed by atoms with E-state index in [2.05, 4.69) is 58.9 Å². The molecule has 0 aliphatic heterocycles. The van der Waals surface area contributed by atoms with Crippen LogP contribution in [0.15, 0.2) is 24.3 Å². The molecule has 0 bridgehead atoms. The Kier molecular flexibility index (Phi) is 5.93. The van der Waals surface area contributed by atoms with Crippen LogP contribution in [0.25, 0.3) is 0 Å². The maximum absolute atomic E-state index is 6.22. The topological polar surface area (TPSA) is 52.0 Å². The maximum Gasteiger partial charge on any atom is 0.0349 e. The molecule has 0 aliphatic carbocycles. The third kappa shape index (κ3) is 3.15. The first kappa shape index (κ1) is 18.4. The first-order valence-corrected chi connectivity index (χ1v) is 9.30. The fourth-order valence-corrected chi connectivity index (χ4v) is 4.11. The van der Waals surface area contributed by atoms with Gasteiger partial charge in [0.1, 0.15) is 0 Å². The molecule has 0 fully saturated rings. The Morgan fingerprint density at radius 1 is 0.625 bits per heavy atom. The summed E-state index contributed by atoms with van der Waals surface area (Å²) in [7, 11) is 0. The van der Waals surface area contributed by atoms with Gasteiger partial charge in [0.15, 0.2) is 0 Å². The molecule has 2 aromatic carbocycles. The molecule has 0 spiro atoms. The van der Waals surface area contributed by atoms with E-state index in [-0.39, 0.29) is 0 Å². The summed E-state index contributed by atoms with van der Waals surface area (Å²) < 4.78 is 0. The zero-order valence-corrected chi connectivity index (χ0v) is 15.9. The average molecular weight is 325 g/mol. The second kappa shape index (κ2) is 7.74. The minimum atomic E-state index is 0.353. The van der Waals surface area contributed by atoms with Crippen LogP contribution >= 0.6 is 0 Å². The number of rotatable bonds is 6. The quantitative estimate of drug-likeness (QED) is 0.713. The van der Waals surface area contributed by atoms with Crippen LogP contribution in [0.5, 0.6) is 0 Å². The molecule has 0 saturated carbocycles. The summed E-state index contributed by atoms with van der Waals surface area (Å²) in [6, 6.07) is 8.60. The van der Waals surface area contributed by atoms with Gasteiger partial charge in [-0.2, -0.15) is 0 Å². The van der Waals surface area contributed by atoms with Crippen LogP contribution in [0.1, 0.15) is 73.9 Å². The van der Waals surface area contributed by atoms with Crippen molar-refractivity contribution in [2.45, 2.75) is 66.2 Å². The molecule has 0 saturated heterocycles. The Morgan fingerprint density at radius 2 is 0.958 bits per heavy atom. The zero-order chi connectivity index (χ0) is 17.9.